The number of carboxylic acid groups (broad SMARTS) is 1. The van der Waals surface area contributed by atoms with Gasteiger partial charge in [-0.25, -0.2) is 0 Å². The van der Waals surface area contributed by atoms with Gasteiger partial charge in [0.25, 0.3) is 0 Å². The van der Waals surface area contributed by atoms with E-state index >= 15 is 0 Å². The number of piperidine rings is 1. The molecule has 1 unspecified atom stereocenters. The molecule has 1 heterocycles. The van der Waals surface area contributed by atoms with Crippen molar-refractivity contribution in [2.75, 3.05) is 19.6 Å². The Hall–Kier alpha value is -1.36. The average Bonchev–Trinajstić information content (AvgIpc) is 2.35. The lowest BCUT2D eigenvalue weighted by atomic mass is 9.98. The molecule has 1 rings (SSSR count). The van der Waals surface area contributed by atoms with Crippen molar-refractivity contribution in [3.63, 3.8) is 0 Å². The molecule has 0 saturated carbocycles. The summed E-state index contributed by atoms with van der Waals surface area (Å²) in [6.45, 7) is 5.27. The molecule has 1 saturated heterocycles. The highest BCUT2D eigenvalue weighted by Gasteiger charge is 2.24. The number of aliphatic carboxylic acids is 1. The molecule has 102 valence electrons. The van der Waals surface area contributed by atoms with E-state index in [4.69, 9.17) is 5.11 Å². The number of carboxylic acids is 1. The van der Waals surface area contributed by atoms with Gasteiger partial charge < -0.3 is 10.4 Å². The molecule has 0 aliphatic carbocycles. The summed E-state index contributed by atoms with van der Waals surface area (Å²) in [5.74, 6) is -0.784. The fourth-order valence-corrected chi connectivity index (χ4v) is 2.31. The van der Waals surface area contributed by atoms with E-state index in [9.17, 15) is 9.59 Å². The van der Waals surface area contributed by atoms with Crippen LogP contribution >= 0.6 is 0 Å². The molecule has 2 N–H and O–H groups in total. The van der Waals surface area contributed by atoms with Crippen molar-refractivity contribution in [2.24, 2.45) is 0 Å². The molecule has 0 aromatic rings. The predicted molar refractivity (Wildman–Crippen MR) is 69.3 cm³/mol. The van der Waals surface area contributed by atoms with Crippen LogP contribution in [0.4, 0.5) is 0 Å². The molecule has 0 bridgehead atoms. The third kappa shape index (κ3) is 5.31. The fraction of sp³-hybridized carbons (Fsp3) is 0.692. The summed E-state index contributed by atoms with van der Waals surface area (Å²) in [4.78, 5) is 24.3. The van der Waals surface area contributed by atoms with Gasteiger partial charge >= 0.3 is 5.97 Å². The lowest BCUT2D eigenvalue weighted by molar-refractivity contribution is -0.137. The third-order valence-electron chi connectivity index (χ3n) is 3.23. The predicted octanol–water partition coefficient (Wildman–Crippen LogP) is 1.01. The standard InChI is InChI=1S/C13H22N2O3/c1-2-8-14-12(16)10-15-9-4-3-5-11(15)6-7-13(17)18/h2,11H,1,3-10H2,(H,14,16)(H,17,18). The lowest BCUT2D eigenvalue weighted by Gasteiger charge is -2.35. The Morgan fingerprint density at radius 3 is 2.89 bits per heavy atom. The molecule has 0 radical (unpaired) electrons. The summed E-state index contributed by atoms with van der Waals surface area (Å²) in [7, 11) is 0. The Kier molecular flexibility index (Phi) is 6.43. The van der Waals surface area contributed by atoms with E-state index in [0.717, 1.165) is 25.8 Å². The van der Waals surface area contributed by atoms with E-state index < -0.39 is 5.97 Å². The molecular weight excluding hydrogens is 232 g/mol. The van der Waals surface area contributed by atoms with Gasteiger partial charge in [0, 0.05) is 19.0 Å². The first-order chi connectivity index (χ1) is 8.63. The van der Waals surface area contributed by atoms with Crippen molar-refractivity contribution >= 4 is 11.9 Å². The summed E-state index contributed by atoms with van der Waals surface area (Å²) in [5.41, 5.74) is 0. The van der Waals surface area contributed by atoms with Gasteiger partial charge in [0.05, 0.1) is 6.54 Å². The molecule has 0 aromatic carbocycles. The van der Waals surface area contributed by atoms with Gasteiger partial charge in [0.1, 0.15) is 0 Å². The number of likely N-dealkylation sites (tertiary alicyclic amines) is 1. The number of nitrogens with zero attached hydrogens (tertiary/aromatic N) is 1. The number of hydrogen-bond donors (Lipinski definition) is 2. The van der Waals surface area contributed by atoms with Crippen LogP contribution in [-0.4, -0.2) is 47.6 Å². The van der Waals surface area contributed by atoms with Crippen LogP contribution in [0.2, 0.25) is 0 Å². The maximum atomic E-state index is 11.6. The second-order valence-corrected chi connectivity index (χ2v) is 4.65. The Balaban J connectivity index is 2.40. The fourth-order valence-electron chi connectivity index (χ4n) is 2.31. The minimum atomic E-state index is -0.767. The monoisotopic (exact) mass is 254 g/mol. The molecule has 0 aromatic heterocycles. The lowest BCUT2D eigenvalue weighted by Crippen LogP contribution is -2.45. The van der Waals surface area contributed by atoms with Gasteiger partial charge in [0.2, 0.25) is 5.91 Å². The van der Waals surface area contributed by atoms with Crippen LogP contribution in [-0.2, 0) is 9.59 Å². The van der Waals surface area contributed by atoms with Crippen molar-refractivity contribution in [1.29, 1.82) is 0 Å². The molecule has 18 heavy (non-hydrogen) atoms. The van der Waals surface area contributed by atoms with Crippen LogP contribution in [0.5, 0.6) is 0 Å². The van der Waals surface area contributed by atoms with Crippen molar-refractivity contribution in [3.8, 4) is 0 Å². The van der Waals surface area contributed by atoms with Gasteiger partial charge in [0.15, 0.2) is 0 Å². The molecule has 1 amide bonds. The van der Waals surface area contributed by atoms with Gasteiger partial charge in [-0.2, -0.15) is 0 Å². The van der Waals surface area contributed by atoms with Crippen LogP contribution in [0.25, 0.3) is 0 Å². The largest absolute Gasteiger partial charge is 0.481 e. The maximum Gasteiger partial charge on any atom is 0.303 e. The van der Waals surface area contributed by atoms with Crippen molar-refractivity contribution in [2.45, 2.75) is 38.1 Å². The molecule has 1 atom stereocenters. The van der Waals surface area contributed by atoms with Gasteiger partial charge in [-0.1, -0.05) is 12.5 Å². The minimum absolute atomic E-state index is 0.0166. The topological polar surface area (TPSA) is 69.6 Å². The van der Waals surface area contributed by atoms with E-state index in [1.54, 1.807) is 6.08 Å². The normalized spacial score (nSPS) is 20.3. The summed E-state index contributed by atoms with van der Waals surface area (Å²) in [6.07, 6.45) is 5.64. The number of amides is 1. The van der Waals surface area contributed by atoms with Crippen LogP contribution in [0.15, 0.2) is 12.7 Å². The number of rotatable bonds is 7. The number of carbonyl (C=O) groups is 2. The van der Waals surface area contributed by atoms with Crippen LogP contribution < -0.4 is 5.32 Å². The highest BCUT2D eigenvalue weighted by atomic mass is 16.4. The second-order valence-electron chi connectivity index (χ2n) is 4.65. The summed E-state index contributed by atoms with van der Waals surface area (Å²) in [5, 5.41) is 11.5. The number of carbonyl (C=O) groups excluding carboxylic acids is 1. The third-order valence-corrected chi connectivity index (χ3v) is 3.23. The summed E-state index contributed by atoms with van der Waals surface area (Å²) < 4.78 is 0. The average molecular weight is 254 g/mol. The molecule has 1 aliphatic rings. The maximum absolute atomic E-state index is 11.6. The molecule has 1 fully saturated rings. The second kappa shape index (κ2) is 7.87. The minimum Gasteiger partial charge on any atom is -0.481 e. The van der Waals surface area contributed by atoms with Crippen LogP contribution in [0.1, 0.15) is 32.1 Å². The Morgan fingerprint density at radius 2 is 2.22 bits per heavy atom. The summed E-state index contributed by atoms with van der Waals surface area (Å²) in [6, 6.07) is 0.226. The Morgan fingerprint density at radius 1 is 1.44 bits per heavy atom. The number of hydrogen-bond acceptors (Lipinski definition) is 3. The van der Waals surface area contributed by atoms with E-state index in [2.05, 4.69) is 16.8 Å². The number of nitrogens with one attached hydrogen (secondary N) is 1. The molecule has 0 spiro atoms. The zero-order valence-corrected chi connectivity index (χ0v) is 10.7. The van der Waals surface area contributed by atoms with Crippen LogP contribution in [0.3, 0.4) is 0 Å². The molecule has 5 nitrogen and oxygen atoms in total. The summed E-state index contributed by atoms with van der Waals surface area (Å²) >= 11 is 0. The van der Waals surface area contributed by atoms with Crippen LogP contribution in [0, 0.1) is 0 Å². The van der Waals surface area contributed by atoms with E-state index in [0.29, 0.717) is 19.5 Å². The Bertz CT molecular complexity index is 305. The van der Waals surface area contributed by atoms with Crippen molar-refractivity contribution < 1.29 is 14.7 Å². The smallest absolute Gasteiger partial charge is 0.303 e. The zero-order valence-electron chi connectivity index (χ0n) is 10.7. The first kappa shape index (κ1) is 14.7. The van der Waals surface area contributed by atoms with E-state index in [1.807, 2.05) is 0 Å². The first-order valence-corrected chi connectivity index (χ1v) is 6.47. The zero-order chi connectivity index (χ0) is 13.4. The first-order valence-electron chi connectivity index (χ1n) is 6.47. The molecule has 1 aliphatic heterocycles. The molecule has 5 heteroatoms. The van der Waals surface area contributed by atoms with E-state index in [-0.39, 0.29) is 18.4 Å². The highest BCUT2D eigenvalue weighted by molar-refractivity contribution is 5.78. The van der Waals surface area contributed by atoms with E-state index in [1.165, 1.54) is 0 Å². The molecular formula is C13H22N2O3. The van der Waals surface area contributed by atoms with Crippen molar-refractivity contribution in [1.82, 2.24) is 10.2 Å². The van der Waals surface area contributed by atoms with Gasteiger partial charge in [-0.15, -0.1) is 6.58 Å². The van der Waals surface area contributed by atoms with Crippen molar-refractivity contribution in [3.05, 3.63) is 12.7 Å². The van der Waals surface area contributed by atoms with Gasteiger partial charge in [-0.05, 0) is 25.8 Å². The Labute approximate surface area is 108 Å². The SMILES string of the molecule is C=CCNC(=O)CN1CCCCC1CCC(=O)O. The highest BCUT2D eigenvalue weighted by Crippen LogP contribution is 2.20. The quantitative estimate of drug-likeness (QED) is 0.665. The van der Waals surface area contributed by atoms with Gasteiger partial charge in [-0.3, -0.25) is 14.5 Å².